The summed E-state index contributed by atoms with van der Waals surface area (Å²) in [5.41, 5.74) is 0.649. The molecule has 0 fully saturated rings. The number of ether oxygens (including phenoxy) is 1. The van der Waals surface area contributed by atoms with E-state index in [4.69, 9.17) is 9.84 Å². The summed E-state index contributed by atoms with van der Waals surface area (Å²) < 4.78 is 4.73. The van der Waals surface area contributed by atoms with Crippen molar-refractivity contribution in [1.82, 2.24) is 0 Å². The predicted molar refractivity (Wildman–Crippen MR) is 53.8 cm³/mol. The summed E-state index contributed by atoms with van der Waals surface area (Å²) in [6.07, 6.45) is -0.661. The molecule has 1 aromatic rings. The van der Waals surface area contributed by atoms with Crippen LogP contribution in [-0.2, 0) is 14.3 Å². The van der Waals surface area contributed by atoms with Gasteiger partial charge in [-0.2, -0.15) is 0 Å². The van der Waals surface area contributed by atoms with E-state index >= 15 is 0 Å². The highest BCUT2D eigenvalue weighted by Gasteiger charge is 2.11. The molecular formula is C11H10O4. The normalized spacial score (nSPS) is 9.33. The summed E-state index contributed by atoms with van der Waals surface area (Å²) in [5.74, 6) is -1.89. The zero-order valence-corrected chi connectivity index (χ0v) is 7.97. The molecule has 0 bridgehead atoms. The van der Waals surface area contributed by atoms with Crippen LogP contribution in [-0.4, -0.2) is 17.0 Å². The van der Waals surface area contributed by atoms with Crippen molar-refractivity contribution in [2.75, 3.05) is 0 Å². The molecule has 78 valence electrons. The van der Waals surface area contributed by atoms with Gasteiger partial charge in [0, 0.05) is 5.56 Å². The Labute approximate surface area is 86.8 Å². The molecule has 4 nitrogen and oxygen atoms in total. The first-order valence-electron chi connectivity index (χ1n) is 4.26. The number of rotatable bonds is 4. The summed E-state index contributed by atoms with van der Waals surface area (Å²) in [6, 6.07) is 8.79. The molecule has 0 radical (unpaired) electrons. The number of carbonyl (C=O) groups is 2. The number of esters is 1. The van der Waals surface area contributed by atoms with Gasteiger partial charge in [0.05, 0.1) is 0 Å². The standard InChI is InChI=1S/C11H10O4/c1-8(9-5-3-2-4-6-9)15-11(14)7-10(12)13/h2-6H,1,7H2,(H,12,13). The average Bonchev–Trinajstić information content (AvgIpc) is 2.17. The van der Waals surface area contributed by atoms with Crippen molar-refractivity contribution in [2.45, 2.75) is 6.42 Å². The molecule has 15 heavy (non-hydrogen) atoms. The Bertz CT molecular complexity index is 381. The van der Waals surface area contributed by atoms with Crippen LogP contribution in [0.5, 0.6) is 0 Å². The Morgan fingerprint density at radius 3 is 2.40 bits per heavy atom. The van der Waals surface area contributed by atoms with Crippen molar-refractivity contribution in [3.05, 3.63) is 42.5 Å². The molecule has 0 aliphatic carbocycles. The van der Waals surface area contributed by atoms with Crippen molar-refractivity contribution in [3.8, 4) is 0 Å². The highest BCUT2D eigenvalue weighted by Crippen LogP contribution is 2.13. The lowest BCUT2D eigenvalue weighted by atomic mass is 10.2. The second-order valence-corrected chi connectivity index (χ2v) is 2.83. The molecule has 1 aromatic carbocycles. The molecule has 0 aromatic heterocycles. The molecule has 4 heteroatoms. The van der Waals surface area contributed by atoms with Gasteiger partial charge >= 0.3 is 11.9 Å². The Morgan fingerprint density at radius 1 is 1.27 bits per heavy atom. The smallest absolute Gasteiger partial charge is 0.322 e. The zero-order chi connectivity index (χ0) is 11.3. The van der Waals surface area contributed by atoms with Crippen molar-refractivity contribution in [2.24, 2.45) is 0 Å². The SMILES string of the molecule is C=C(OC(=O)CC(=O)O)c1ccccc1. The highest BCUT2D eigenvalue weighted by molar-refractivity contribution is 5.92. The Hall–Kier alpha value is -2.10. The quantitative estimate of drug-likeness (QED) is 0.462. The van der Waals surface area contributed by atoms with Gasteiger partial charge in [-0.25, -0.2) is 0 Å². The van der Waals surface area contributed by atoms with E-state index in [1.165, 1.54) is 0 Å². The van der Waals surface area contributed by atoms with Crippen molar-refractivity contribution in [3.63, 3.8) is 0 Å². The summed E-state index contributed by atoms with van der Waals surface area (Å²) >= 11 is 0. The van der Waals surface area contributed by atoms with Crippen LogP contribution in [0.15, 0.2) is 36.9 Å². The first-order valence-corrected chi connectivity index (χ1v) is 4.26. The minimum Gasteiger partial charge on any atom is -0.481 e. The average molecular weight is 206 g/mol. The maximum absolute atomic E-state index is 11.0. The lowest BCUT2D eigenvalue weighted by Crippen LogP contribution is -2.09. The number of hydrogen-bond donors (Lipinski definition) is 1. The van der Waals surface area contributed by atoms with E-state index in [-0.39, 0.29) is 5.76 Å². The second kappa shape index (κ2) is 4.95. The highest BCUT2D eigenvalue weighted by atomic mass is 16.5. The fourth-order valence-corrected chi connectivity index (χ4v) is 0.980. The van der Waals surface area contributed by atoms with Crippen LogP contribution in [0.4, 0.5) is 0 Å². The molecular weight excluding hydrogens is 196 g/mol. The summed E-state index contributed by atoms with van der Waals surface area (Å²) in [7, 11) is 0. The third-order valence-electron chi connectivity index (χ3n) is 1.63. The molecule has 0 aliphatic rings. The van der Waals surface area contributed by atoms with Crippen molar-refractivity contribution in [1.29, 1.82) is 0 Å². The van der Waals surface area contributed by atoms with Gasteiger partial charge in [-0.15, -0.1) is 0 Å². The molecule has 0 spiro atoms. The molecule has 0 saturated carbocycles. The maximum Gasteiger partial charge on any atom is 0.322 e. The van der Waals surface area contributed by atoms with Gasteiger partial charge in [-0.1, -0.05) is 36.9 Å². The van der Waals surface area contributed by atoms with Crippen LogP contribution in [0.2, 0.25) is 0 Å². The van der Waals surface area contributed by atoms with E-state index < -0.39 is 18.4 Å². The van der Waals surface area contributed by atoms with Crippen LogP contribution >= 0.6 is 0 Å². The molecule has 1 N–H and O–H groups in total. The number of aliphatic carboxylic acids is 1. The number of carboxylic acid groups (broad SMARTS) is 1. The van der Waals surface area contributed by atoms with Gasteiger partial charge < -0.3 is 9.84 Å². The van der Waals surface area contributed by atoms with E-state index in [0.29, 0.717) is 5.56 Å². The fourth-order valence-electron chi connectivity index (χ4n) is 0.980. The van der Waals surface area contributed by atoms with Crippen LogP contribution < -0.4 is 0 Å². The van der Waals surface area contributed by atoms with E-state index in [1.54, 1.807) is 24.3 Å². The molecule has 0 amide bonds. The number of carbonyl (C=O) groups excluding carboxylic acids is 1. The van der Waals surface area contributed by atoms with Crippen molar-refractivity contribution < 1.29 is 19.4 Å². The first kappa shape index (κ1) is 11.0. The van der Waals surface area contributed by atoms with E-state index in [0.717, 1.165) is 0 Å². The van der Waals surface area contributed by atoms with Crippen LogP contribution in [0, 0.1) is 0 Å². The van der Waals surface area contributed by atoms with E-state index in [2.05, 4.69) is 6.58 Å². The zero-order valence-electron chi connectivity index (χ0n) is 7.97. The topological polar surface area (TPSA) is 63.6 Å². The van der Waals surface area contributed by atoms with E-state index in [9.17, 15) is 9.59 Å². The maximum atomic E-state index is 11.0. The monoisotopic (exact) mass is 206 g/mol. The molecule has 0 atom stereocenters. The van der Waals surface area contributed by atoms with Crippen molar-refractivity contribution >= 4 is 17.7 Å². The van der Waals surface area contributed by atoms with Gasteiger partial charge in [0.2, 0.25) is 0 Å². The lowest BCUT2D eigenvalue weighted by molar-refractivity contribution is -0.146. The number of hydrogen-bond acceptors (Lipinski definition) is 3. The molecule has 0 saturated heterocycles. The fraction of sp³-hybridized carbons (Fsp3) is 0.0909. The van der Waals surface area contributed by atoms with Gasteiger partial charge in [-0.3, -0.25) is 9.59 Å². The van der Waals surface area contributed by atoms with Gasteiger partial charge in [0.1, 0.15) is 12.2 Å². The van der Waals surface area contributed by atoms with Gasteiger partial charge in [0.15, 0.2) is 0 Å². The first-order chi connectivity index (χ1) is 7.09. The van der Waals surface area contributed by atoms with Crippen LogP contribution in [0.3, 0.4) is 0 Å². The molecule has 1 rings (SSSR count). The van der Waals surface area contributed by atoms with Crippen LogP contribution in [0.1, 0.15) is 12.0 Å². The third kappa shape index (κ3) is 3.64. The minimum atomic E-state index is -1.22. The third-order valence-corrected chi connectivity index (χ3v) is 1.63. The lowest BCUT2D eigenvalue weighted by Gasteiger charge is -2.05. The van der Waals surface area contributed by atoms with E-state index in [1.807, 2.05) is 6.07 Å². The molecule has 0 aliphatic heterocycles. The summed E-state index contributed by atoms with van der Waals surface area (Å²) in [4.78, 5) is 21.2. The van der Waals surface area contributed by atoms with Crippen LogP contribution in [0.25, 0.3) is 5.76 Å². The predicted octanol–water partition coefficient (Wildman–Crippen LogP) is 1.68. The minimum absolute atomic E-state index is 0.154. The largest absolute Gasteiger partial charge is 0.481 e. The molecule has 0 unspecified atom stereocenters. The Morgan fingerprint density at radius 2 is 1.87 bits per heavy atom. The second-order valence-electron chi connectivity index (χ2n) is 2.83. The summed E-state index contributed by atoms with van der Waals surface area (Å²) in [6.45, 7) is 3.54. The van der Waals surface area contributed by atoms with Gasteiger partial charge in [-0.05, 0) is 0 Å². The number of benzene rings is 1. The summed E-state index contributed by atoms with van der Waals surface area (Å²) in [5, 5.41) is 8.34. The number of carboxylic acids is 1. The van der Waals surface area contributed by atoms with Gasteiger partial charge in [0.25, 0.3) is 0 Å². The Kier molecular flexibility index (Phi) is 3.62. The Balaban J connectivity index is 2.57. The molecule has 0 heterocycles.